The molecule has 2 aromatic carbocycles. The molecule has 0 aliphatic rings. The molecule has 0 unspecified atom stereocenters. The number of anilines is 3. The highest BCUT2D eigenvalue weighted by molar-refractivity contribution is 5.65. The number of rotatable bonds is 6. The first kappa shape index (κ1) is 17.9. The van der Waals surface area contributed by atoms with Crippen LogP contribution in [0.3, 0.4) is 0 Å². The highest BCUT2D eigenvalue weighted by Gasteiger charge is 2.10. The van der Waals surface area contributed by atoms with E-state index in [1.54, 1.807) is 18.3 Å². The molecule has 134 valence electrons. The second kappa shape index (κ2) is 7.95. The molecular formula is C21H23FN4. The van der Waals surface area contributed by atoms with E-state index in [-0.39, 0.29) is 5.82 Å². The number of nitrogens with one attached hydrogen (secondary N) is 2. The fourth-order valence-corrected chi connectivity index (χ4v) is 2.77. The smallest absolute Gasteiger partial charge is 0.224 e. The predicted molar refractivity (Wildman–Crippen MR) is 104 cm³/mol. The maximum atomic E-state index is 13.0. The Labute approximate surface area is 153 Å². The van der Waals surface area contributed by atoms with Gasteiger partial charge in [0.2, 0.25) is 5.95 Å². The quantitative estimate of drug-likeness (QED) is 0.625. The van der Waals surface area contributed by atoms with Gasteiger partial charge in [-0.3, -0.25) is 0 Å². The van der Waals surface area contributed by atoms with E-state index in [0.29, 0.717) is 18.4 Å². The molecule has 0 saturated carbocycles. The fraction of sp³-hybridized carbons (Fsp3) is 0.238. The highest BCUT2D eigenvalue weighted by Crippen LogP contribution is 2.29. The van der Waals surface area contributed by atoms with Gasteiger partial charge in [-0.15, -0.1) is 0 Å². The van der Waals surface area contributed by atoms with Gasteiger partial charge in [-0.05, 0) is 47.7 Å². The molecule has 26 heavy (non-hydrogen) atoms. The van der Waals surface area contributed by atoms with Crippen LogP contribution in [-0.4, -0.2) is 9.97 Å². The van der Waals surface area contributed by atoms with Crippen LogP contribution in [0.25, 0.3) is 0 Å². The van der Waals surface area contributed by atoms with Crippen LogP contribution in [0.15, 0.2) is 54.7 Å². The first-order valence-corrected chi connectivity index (χ1v) is 8.71. The van der Waals surface area contributed by atoms with Crippen molar-refractivity contribution >= 4 is 17.5 Å². The maximum absolute atomic E-state index is 13.0. The highest BCUT2D eigenvalue weighted by atomic mass is 19.1. The summed E-state index contributed by atoms with van der Waals surface area (Å²) in [5.41, 5.74) is 4.49. The number of hydrogen-bond acceptors (Lipinski definition) is 4. The molecule has 0 spiro atoms. The van der Waals surface area contributed by atoms with Crippen molar-refractivity contribution in [2.24, 2.45) is 0 Å². The molecule has 3 aromatic rings. The molecule has 0 aliphatic carbocycles. The van der Waals surface area contributed by atoms with Crippen molar-refractivity contribution in [3.05, 3.63) is 77.2 Å². The summed E-state index contributed by atoms with van der Waals surface area (Å²) in [7, 11) is 0. The third-order valence-electron chi connectivity index (χ3n) is 4.20. The molecular weight excluding hydrogens is 327 g/mol. The van der Waals surface area contributed by atoms with E-state index in [0.717, 1.165) is 17.1 Å². The molecule has 1 aromatic heterocycles. The molecule has 0 radical (unpaired) electrons. The summed E-state index contributed by atoms with van der Waals surface area (Å²) in [6.07, 6.45) is 1.72. The molecule has 4 nitrogen and oxygen atoms in total. The summed E-state index contributed by atoms with van der Waals surface area (Å²) in [6.45, 7) is 6.97. The lowest BCUT2D eigenvalue weighted by molar-refractivity contribution is 0.627. The van der Waals surface area contributed by atoms with Gasteiger partial charge in [0, 0.05) is 18.4 Å². The van der Waals surface area contributed by atoms with E-state index in [1.165, 1.54) is 23.3 Å². The topological polar surface area (TPSA) is 49.8 Å². The van der Waals surface area contributed by atoms with Gasteiger partial charge >= 0.3 is 0 Å². The van der Waals surface area contributed by atoms with E-state index in [1.807, 2.05) is 6.07 Å². The SMILES string of the molecule is Cc1cccc(C(C)C)c1Nc1ccnc(NCc2ccc(F)cc2)n1. The minimum absolute atomic E-state index is 0.240. The lowest BCUT2D eigenvalue weighted by Gasteiger charge is -2.17. The summed E-state index contributed by atoms with van der Waals surface area (Å²) in [5.74, 6) is 1.43. The lowest BCUT2D eigenvalue weighted by atomic mass is 9.98. The van der Waals surface area contributed by atoms with Crippen LogP contribution in [0.1, 0.15) is 36.5 Å². The van der Waals surface area contributed by atoms with E-state index < -0.39 is 0 Å². The molecule has 0 saturated heterocycles. The third-order valence-corrected chi connectivity index (χ3v) is 4.20. The van der Waals surface area contributed by atoms with Crippen molar-refractivity contribution in [3.63, 3.8) is 0 Å². The average molecular weight is 350 g/mol. The Hall–Kier alpha value is -2.95. The molecule has 5 heteroatoms. The summed E-state index contributed by atoms with van der Waals surface area (Å²) >= 11 is 0. The maximum Gasteiger partial charge on any atom is 0.224 e. The molecule has 3 rings (SSSR count). The molecule has 0 amide bonds. The zero-order chi connectivity index (χ0) is 18.5. The van der Waals surface area contributed by atoms with Crippen LogP contribution in [0.5, 0.6) is 0 Å². The van der Waals surface area contributed by atoms with Crippen LogP contribution in [0, 0.1) is 12.7 Å². The molecule has 0 fully saturated rings. The lowest BCUT2D eigenvalue weighted by Crippen LogP contribution is -2.06. The first-order chi connectivity index (χ1) is 12.5. The van der Waals surface area contributed by atoms with Crippen molar-refractivity contribution in [1.82, 2.24) is 9.97 Å². The van der Waals surface area contributed by atoms with Crippen LogP contribution in [0.2, 0.25) is 0 Å². The Morgan fingerprint density at radius 3 is 2.54 bits per heavy atom. The van der Waals surface area contributed by atoms with Gasteiger partial charge < -0.3 is 10.6 Å². The van der Waals surface area contributed by atoms with E-state index in [2.05, 4.69) is 59.6 Å². The molecule has 0 bridgehead atoms. The summed E-state index contributed by atoms with van der Waals surface area (Å²) < 4.78 is 13.0. The van der Waals surface area contributed by atoms with Crippen LogP contribution < -0.4 is 10.6 Å². The van der Waals surface area contributed by atoms with E-state index in [9.17, 15) is 4.39 Å². The summed E-state index contributed by atoms with van der Waals surface area (Å²) in [5, 5.41) is 6.60. The zero-order valence-corrected chi connectivity index (χ0v) is 15.3. The second-order valence-corrected chi connectivity index (χ2v) is 6.56. The Morgan fingerprint density at radius 2 is 1.81 bits per heavy atom. The number of aromatic nitrogens is 2. The molecule has 0 aliphatic heterocycles. The van der Waals surface area contributed by atoms with E-state index >= 15 is 0 Å². The largest absolute Gasteiger partial charge is 0.350 e. The molecule has 0 atom stereocenters. The van der Waals surface area contributed by atoms with Gasteiger partial charge in [0.1, 0.15) is 11.6 Å². The predicted octanol–water partition coefficient (Wildman–Crippen LogP) is 5.40. The van der Waals surface area contributed by atoms with Gasteiger partial charge in [0.15, 0.2) is 0 Å². The van der Waals surface area contributed by atoms with Crippen molar-refractivity contribution in [3.8, 4) is 0 Å². The Bertz CT molecular complexity index is 875. The van der Waals surface area contributed by atoms with Crippen LogP contribution in [0.4, 0.5) is 21.8 Å². The number of aryl methyl sites for hydroxylation is 1. The number of para-hydroxylation sites is 1. The van der Waals surface area contributed by atoms with Crippen LogP contribution in [-0.2, 0) is 6.54 Å². The monoisotopic (exact) mass is 350 g/mol. The summed E-state index contributed by atoms with van der Waals surface area (Å²) in [6, 6.07) is 14.5. The number of hydrogen-bond donors (Lipinski definition) is 2. The first-order valence-electron chi connectivity index (χ1n) is 8.71. The zero-order valence-electron chi connectivity index (χ0n) is 15.3. The standard InChI is InChI=1S/C21H23FN4/c1-14(2)18-6-4-5-15(3)20(18)25-19-11-12-23-21(26-19)24-13-16-7-9-17(22)10-8-16/h4-12,14H,13H2,1-3H3,(H2,23,24,25,26). The van der Waals surface area contributed by atoms with Gasteiger partial charge in [0.05, 0.1) is 0 Å². The number of nitrogens with zero attached hydrogens (tertiary/aromatic N) is 2. The minimum atomic E-state index is -0.240. The third kappa shape index (κ3) is 4.36. The van der Waals surface area contributed by atoms with Crippen molar-refractivity contribution < 1.29 is 4.39 Å². The van der Waals surface area contributed by atoms with Gasteiger partial charge in [-0.1, -0.05) is 44.2 Å². The van der Waals surface area contributed by atoms with Crippen molar-refractivity contribution in [2.75, 3.05) is 10.6 Å². The Morgan fingerprint density at radius 1 is 1.04 bits per heavy atom. The number of benzene rings is 2. The second-order valence-electron chi connectivity index (χ2n) is 6.56. The Kier molecular flexibility index (Phi) is 5.46. The fourth-order valence-electron chi connectivity index (χ4n) is 2.77. The van der Waals surface area contributed by atoms with Crippen LogP contribution >= 0.6 is 0 Å². The van der Waals surface area contributed by atoms with Gasteiger partial charge in [-0.2, -0.15) is 4.98 Å². The normalized spacial score (nSPS) is 10.8. The van der Waals surface area contributed by atoms with E-state index in [4.69, 9.17) is 0 Å². The Balaban J connectivity index is 1.75. The summed E-state index contributed by atoms with van der Waals surface area (Å²) in [4.78, 5) is 8.79. The average Bonchev–Trinajstić information content (AvgIpc) is 2.63. The van der Waals surface area contributed by atoms with Crippen molar-refractivity contribution in [1.29, 1.82) is 0 Å². The van der Waals surface area contributed by atoms with Gasteiger partial charge in [0.25, 0.3) is 0 Å². The molecule has 2 N–H and O–H groups in total. The number of halogens is 1. The minimum Gasteiger partial charge on any atom is -0.350 e. The van der Waals surface area contributed by atoms with Gasteiger partial charge in [-0.25, -0.2) is 9.37 Å². The molecule has 1 heterocycles. The van der Waals surface area contributed by atoms with Crippen molar-refractivity contribution in [2.45, 2.75) is 33.2 Å².